The van der Waals surface area contributed by atoms with E-state index in [1.807, 2.05) is 13.8 Å². The number of hydrogen-bond donors (Lipinski definition) is 2. The highest BCUT2D eigenvalue weighted by atomic mass is 35.5. The standard InChI is InChI=1S/C14H20ClN3O3/c1-4-21-14(20)10-5-9(16)6-11(15)13(10)18(8(2)3)7-12(17)19/h5-6,8H,4,7,16H2,1-3H3,(H2,17,19). The Morgan fingerprint density at radius 2 is 2.00 bits per heavy atom. The highest BCUT2D eigenvalue weighted by Crippen LogP contribution is 2.34. The summed E-state index contributed by atoms with van der Waals surface area (Å²) >= 11 is 6.22. The number of carbonyl (C=O) groups excluding carboxylic acids is 2. The zero-order chi connectivity index (χ0) is 16.2. The number of benzene rings is 1. The fourth-order valence-corrected chi connectivity index (χ4v) is 2.30. The molecular formula is C14H20ClN3O3. The molecule has 1 amide bonds. The van der Waals surface area contributed by atoms with Crippen molar-refractivity contribution in [2.75, 3.05) is 23.8 Å². The Hall–Kier alpha value is -1.95. The minimum absolute atomic E-state index is 0.0618. The average molecular weight is 314 g/mol. The molecular weight excluding hydrogens is 294 g/mol. The third kappa shape index (κ3) is 4.26. The van der Waals surface area contributed by atoms with Crippen LogP contribution in [0.4, 0.5) is 11.4 Å². The number of esters is 1. The van der Waals surface area contributed by atoms with E-state index >= 15 is 0 Å². The summed E-state index contributed by atoms with van der Waals surface area (Å²) in [5.74, 6) is -1.07. The van der Waals surface area contributed by atoms with Crippen molar-refractivity contribution in [1.82, 2.24) is 0 Å². The van der Waals surface area contributed by atoms with E-state index in [-0.39, 0.29) is 29.8 Å². The molecule has 0 spiro atoms. The fraction of sp³-hybridized carbons (Fsp3) is 0.429. The van der Waals surface area contributed by atoms with E-state index in [9.17, 15) is 9.59 Å². The van der Waals surface area contributed by atoms with E-state index < -0.39 is 11.9 Å². The second-order valence-corrected chi connectivity index (χ2v) is 5.21. The Kier molecular flexibility index (Phi) is 5.84. The Labute approximate surface area is 129 Å². The topological polar surface area (TPSA) is 98.7 Å². The van der Waals surface area contributed by atoms with Crippen LogP contribution in [-0.4, -0.2) is 31.1 Å². The highest BCUT2D eigenvalue weighted by Gasteiger charge is 2.24. The minimum Gasteiger partial charge on any atom is -0.462 e. The first-order valence-corrected chi connectivity index (χ1v) is 6.96. The molecule has 0 unspecified atom stereocenters. The average Bonchev–Trinajstić information content (AvgIpc) is 2.35. The minimum atomic E-state index is -0.545. The number of anilines is 2. The van der Waals surface area contributed by atoms with Gasteiger partial charge in [0.05, 0.1) is 29.4 Å². The van der Waals surface area contributed by atoms with Crippen LogP contribution in [0.2, 0.25) is 5.02 Å². The lowest BCUT2D eigenvalue weighted by Crippen LogP contribution is -2.39. The third-order valence-corrected chi connectivity index (χ3v) is 3.11. The molecule has 0 aromatic heterocycles. The van der Waals surface area contributed by atoms with Gasteiger partial charge in [-0.25, -0.2) is 4.79 Å². The molecule has 0 fully saturated rings. The smallest absolute Gasteiger partial charge is 0.340 e. The van der Waals surface area contributed by atoms with Gasteiger partial charge in [0, 0.05) is 11.7 Å². The van der Waals surface area contributed by atoms with Crippen molar-refractivity contribution in [3.05, 3.63) is 22.7 Å². The van der Waals surface area contributed by atoms with Crippen molar-refractivity contribution in [2.24, 2.45) is 5.73 Å². The number of nitrogen functional groups attached to an aromatic ring is 1. The molecule has 0 bridgehead atoms. The molecule has 0 heterocycles. The zero-order valence-corrected chi connectivity index (χ0v) is 13.1. The summed E-state index contributed by atoms with van der Waals surface area (Å²) in [7, 11) is 0. The number of amides is 1. The summed E-state index contributed by atoms with van der Waals surface area (Å²) in [5.41, 5.74) is 12.0. The van der Waals surface area contributed by atoms with Crippen LogP contribution in [-0.2, 0) is 9.53 Å². The highest BCUT2D eigenvalue weighted by molar-refractivity contribution is 6.34. The third-order valence-electron chi connectivity index (χ3n) is 2.82. The maximum absolute atomic E-state index is 12.1. The second-order valence-electron chi connectivity index (χ2n) is 4.81. The normalized spacial score (nSPS) is 10.5. The molecule has 0 aliphatic rings. The van der Waals surface area contributed by atoms with Crippen LogP contribution in [0.15, 0.2) is 12.1 Å². The zero-order valence-electron chi connectivity index (χ0n) is 12.4. The van der Waals surface area contributed by atoms with E-state index in [2.05, 4.69) is 0 Å². The first-order chi connectivity index (χ1) is 9.77. The van der Waals surface area contributed by atoms with E-state index in [1.165, 1.54) is 12.1 Å². The number of hydrogen-bond acceptors (Lipinski definition) is 5. The van der Waals surface area contributed by atoms with Gasteiger partial charge < -0.3 is 21.1 Å². The fourth-order valence-electron chi connectivity index (χ4n) is 1.96. The number of ether oxygens (including phenoxy) is 1. The van der Waals surface area contributed by atoms with Crippen LogP contribution in [0.3, 0.4) is 0 Å². The molecule has 0 aliphatic carbocycles. The Morgan fingerprint density at radius 1 is 1.38 bits per heavy atom. The predicted molar refractivity (Wildman–Crippen MR) is 83.5 cm³/mol. The summed E-state index contributed by atoms with van der Waals surface area (Å²) < 4.78 is 5.02. The van der Waals surface area contributed by atoms with Gasteiger partial charge in [0.15, 0.2) is 0 Å². The molecule has 0 aliphatic heterocycles. The molecule has 1 aromatic carbocycles. The molecule has 116 valence electrons. The maximum atomic E-state index is 12.1. The summed E-state index contributed by atoms with van der Waals surface area (Å²) in [6.45, 7) is 5.60. The maximum Gasteiger partial charge on any atom is 0.340 e. The molecule has 0 saturated carbocycles. The molecule has 1 aromatic rings. The van der Waals surface area contributed by atoms with Gasteiger partial charge in [-0.15, -0.1) is 0 Å². The number of carbonyl (C=O) groups is 2. The summed E-state index contributed by atoms with van der Waals surface area (Å²) in [5, 5.41) is 0.271. The Morgan fingerprint density at radius 3 is 2.48 bits per heavy atom. The van der Waals surface area contributed by atoms with Crippen molar-refractivity contribution >= 4 is 34.9 Å². The SMILES string of the molecule is CCOC(=O)c1cc(N)cc(Cl)c1N(CC(N)=O)C(C)C. The van der Waals surface area contributed by atoms with Crippen molar-refractivity contribution < 1.29 is 14.3 Å². The van der Waals surface area contributed by atoms with Gasteiger partial charge >= 0.3 is 5.97 Å². The van der Waals surface area contributed by atoms with Gasteiger partial charge in [-0.2, -0.15) is 0 Å². The van der Waals surface area contributed by atoms with E-state index in [0.717, 1.165) is 0 Å². The van der Waals surface area contributed by atoms with Gasteiger partial charge in [-0.1, -0.05) is 11.6 Å². The number of nitrogens with zero attached hydrogens (tertiary/aromatic N) is 1. The largest absolute Gasteiger partial charge is 0.462 e. The van der Waals surface area contributed by atoms with Gasteiger partial charge in [0.1, 0.15) is 0 Å². The molecule has 0 atom stereocenters. The molecule has 1 rings (SSSR count). The predicted octanol–water partition coefficient (Wildman–Crippen LogP) is 1.80. The van der Waals surface area contributed by atoms with Crippen LogP contribution in [0.5, 0.6) is 0 Å². The molecule has 4 N–H and O–H groups in total. The number of halogens is 1. The van der Waals surface area contributed by atoms with E-state index in [4.69, 9.17) is 27.8 Å². The summed E-state index contributed by atoms with van der Waals surface area (Å²) in [6, 6.07) is 2.91. The van der Waals surface area contributed by atoms with Gasteiger partial charge in [-0.05, 0) is 32.9 Å². The Balaban J connectivity index is 3.43. The number of nitrogens with two attached hydrogens (primary N) is 2. The second kappa shape index (κ2) is 7.17. The summed E-state index contributed by atoms with van der Waals surface area (Å²) in [6.07, 6.45) is 0. The molecule has 21 heavy (non-hydrogen) atoms. The van der Waals surface area contributed by atoms with Crippen molar-refractivity contribution in [2.45, 2.75) is 26.8 Å². The van der Waals surface area contributed by atoms with E-state index in [0.29, 0.717) is 11.4 Å². The van der Waals surface area contributed by atoms with Crippen LogP contribution in [0.25, 0.3) is 0 Å². The number of rotatable bonds is 6. The molecule has 0 radical (unpaired) electrons. The van der Waals surface area contributed by atoms with Crippen molar-refractivity contribution in [3.8, 4) is 0 Å². The van der Waals surface area contributed by atoms with Crippen LogP contribution < -0.4 is 16.4 Å². The lowest BCUT2D eigenvalue weighted by molar-refractivity contribution is -0.116. The lowest BCUT2D eigenvalue weighted by atomic mass is 10.1. The van der Waals surface area contributed by atoms with Crippen LogP contribution in [0, 0.1) is 0 Å². The molecule has 0 saturated heterocycles. The Bertz CT molecular complexity index is 547. The molecule has 6 nitrogen and oxygen atoms in total. The van der Waals surface area contributed by atoms with Crippen LogP contribution in [0.1, 0.15) is 31.1 Å². The summed E-state index contributed by atoms with van der Waals surface area (Å²) in [4.78, 5) is 25.0. The number of primary amides is 1. The quantitative estimate of drug-likeness (QED) is 0.616. The van der Waals surface area contributed by atoms with Gasteiger partial charge in [0.2, 0.25) is 5.91 Å². The first-order valence-electron chi connectivity index (χ1n) is 6.59. The van der Waals surface area contributed by atoms with Crippen LogP contribution >= 0.6 is 11.6 Å². The monoisotopic (exact) mass is 313 g/mol. The lowest BCUT2D eigenvalue weighted by Gasteiger charge is -2.30. The van der Waals surface area contributed by atoms with Crippen molar-refractivity contribution in [1.29, 1.82) is 0 Å². The van der Waals surface area contributed by atoms with E-state index in [1.54, 1.807) is 11.8 Å². The first kappa shape index (κ1) is 17.1. The van der Waals surface area contributed by atoms with Crippen molar-refractivity contribution in [3.63, 3.8) is 0 Å². The van der Waals surface area contributed by atoms with Gasteiger partial charge in [-0.3, -0.25) is 4.79 Å². The van der Waals surface area contributed by atoms with Gasteiger partial charge in [0.25, 0.3) is 0 Å². The molecule has 7 heteroatoms.